The summed E-state index contributed by atoms with van der Waals surface area (Å²) in [5.74, 6) is 0.673. The van der Waals surface area contributed by atoms with Gasteiger partial charge in [0.15, 0.2) is 5.13 Å². The summed E-state index contributed by atoms with van der Waals surface area (Å²) in [6.07, 6.45) is 0. The number of aromatic nitrogens is 1. The average molecular weight is 303 g/mol. The molecule has 0 bridgehead atoms. The van der Waals surface area contributed by atoms with Crippen molar-refractivity contribution in [1.29, 1.82) is 0 Å². The first-order valence-corrected chi connectivity index (χ1v) is 8.34. The van der Waals surface area contributed by atoms with Gasteiger partial charge in [0.2, 0.25) is 0 Å². The van der Waals surface area contributed by atoms with Crippen molar-refractivity contribution in [1.82, 2.24) is 10.3 Å². The third kappa shape index (κ3) is 5.14. The number of aryl methyl sites for hydroxylation is 1. The fraction of sp³-hybridized carbons (Fsp3) is 0.471. The van der Waals surface area contributed by atoms with E-state index in [9.17, 15) is 0 Å². The van der Waals surface area contributed by atoms with Gasteiger partial charge in [-0.05, 0) is 24.9 Å². The third-order valence-electron chi connectivity index (χ3n) is 3.23. The zero-order valence-corrected chi connectivity index (χ0v) is 14.2. The molecule has 0 spiro atoms. The summed E-state index contributed by atoms with van der Waals surface area (Å²) >= 11 is 1.71. The van der Waals surface area contributed by atoms with Crippen molar-refractivity contribution < 1.29 is 0 Å². The molecule has 1 aromatic heterocycles. The van der Waals surface area contributed by atoms with Gasteiger partial charge in [-0.1, -0.05) is 43.7 Å². The Bertz CT molecular complexity index is 563. The molecule has 0 atom stereocenters. The van der Waals surface area contributed by atoms with E-state index < -0.39 is 0 Å². The molecule has 114 valence electrons. The number of thiazole rings is 1. The van der Waals surface area contributed by atoms with E-state index >= 15 is 0 Å². The van der Waals surface area contributed by atoms with E-state index in [0.29, 0.717) is 5.92 Å². The largest absolute Gasteiger partial charge is 0.347 e. The van der Waals surface area contributed by atoms with Crippen LogP contribution in [0, 0.1) is 12.8 Å². The molecule has 0 saturated heterocycles. The molecule has 0 aliphatic carbocycles. The fourth-order valence-electron chi connectivity index (χ4n) is 2.19. The lowest BCUT2D eigenvalue weighted by molar-refractivity contribution is 0.549. The van der Waals surface area contributed by atoms with Crippen molar-refractivity contribution in [3.8, 4) is 0 Å². The molecule has 0 unspecified atom stereocenters. The first-order chi connectivity index (χ1) is 10.0. The highest BCUT2D eigenvalue weighted by molar-refractivity contribution is 7.13. The van der Waals surface area contributed by atoms with Gasteiger partial charge < -0.3 is 10.2 Å². The van der Waals surface area contributed by atoms with E-state index in [1.807, 2.05) is 0 Å². The van der Waals surface area contributed by atoms with Gasteiger partial charge >= 0.3 is 0 Å². The maximum absolute atomic E-state index is 4.71. The maximum atomic E-state index is 4.71. The van der Waals surface area contributed by atoms with E-state index in [4.69, 9.17) is 4.98 Å². The first-order valence-electron chi connectivity index (χ1n) is 7.46. The van der Waals surface area contributed by atoms with Crippen LogP contribution in [0.3, 0.4) is 0 Å². The number of hydrogen-bond acceptors (Lipinski definition) is 4. The Morgan fingerprint density at radius 2 is 2.14 bits per heavy atom. The van der Waals surface area contributed by atoms with Gasteiger partial charge in [0, 0.05) is 25.5 Å². The summed E-state index contributed by atoms with van der Waals surface area (Å²) < 4.78 is 0. The molecule has 21 heavy (non-hydrogen) atoms. The molecule has 4 heteroatoms. The van der Waals surface area contributed by atoms with Crippen molar-refractivity contribution in [2.45, 2.75) is 33.9 Å². The van der Waals surface area contributed by atoms with Crippen molar-refractivity contribution in [2.75, 3.05) is 18.5 Å². The predicted molar refractivity (Wildman–Crippen MR) is 91.9 cm³/mol. The SMILES string of the molecule is Cc1cccc(CN(C)c2nc(CNCC(C)C)cs2)c1. The van der Waals surface area contributed by atoms with Crippen LogP contribution in [0.4, 0.5) is 5.13 Å². The molecule has 0 amide bonds. The molecule has 0 aliphatic rings. The average Bonchev–Trinajstić information content (AvgIpc) is 2.87. The highest BCUT2D eigenvalue weighted by Crippen LogP contribution is 2.21. The van der Waals surface area contributed by atoms with Crippen LogP contribution in [0.25, 0.3) is 0 Å². The molecule has 1 aromatic carbocycles. The smallest absolute Gasteiger partial charge is 0.185 e. The number of nitrogens with zero attached hydrogens (tertiary/aromatic N) is 2. The topological polar surface area (TPSA) is 28.2 Å². The van der Waals surface area contributed by atoms with Crippen LogP contribution in [0.2, 0.25) is 0 Å². The van der Waals surface area contributed by atoms with Gasteiger partial charge in [0.1, 0.15) is 0 Å². The van der Waals surface area contributed by atoms with Crippen LogP contribution in [0.5, 0.6) is 0 Å². The number of hydrogen-bond donors (Lipinski definition) is 1. The number of anilines is 1. The standard InChI is InChI=1S/C17H25N3S/c1-13(2)9-18-10-16-12-21-17(19-16)20(4)11-15-7-5-6-14(3)8-15/h5-8,12-13,18H,9-11H2,1-4H3. The third-order valence-corrected chi connectivity index (χ3v) is 4.23. The van der Waals surface area contributed by atoms with Crippen molar-refractivity contribution in [3.05, 3.63) is 46.5 Å². The molecule has 2 aromatic rings. The minimum absolute atomic E-state index is 0.673. The first kappa shape index (κ1) is 16.0. The minimum atomic E-state index is 0.673. The molecule has 0 saturated carbocycles. The van der Waals surface area contributed by atoms with Crippen molar-refractivity contribution in [3.63, 3.8) is 0 Å². The van der Waals surface area contributed by atoms with Crippen LogP contribution in [-0.2, 0) is 13.1 Å². The monoisotopic (exact) mass is 303 g/mol. The van der Waals surface area contributed by atoms with E-state index in [0.717, 1.165) is 30.5 Å². The quantitative estimate of drug-likeness (QED) is 0.842. The molecule has 1 heterocycles. The predicted octanol–water partition coefficient (Wildman–Crippen LogP) is 3.83. The number of nitrogens with one attached hydrogen (secondary N) is 1. The van der Waals surface area contributed by atoms with Crippen molar-refractivity contribution in [2.24, 2.45) is 5.92 Å². The van der Waals surface area contributed by atoms with Crippen LogP contribution in [-0.4, -0.2) is 18.6 Å². The lowest BCUT2D eigenvalue weighted by Crippen LogP contribution is -2.19. The summed E-state index contributed by atoms with van der Waals surface area (Å²) in [6.45, 7) is 9.35. The molecular formula is C17H25N3S. The molecule has 0 radical (unpaired) electrons. The maximum Gasteiger partial charge on any atom is 0.185 e. The van der Waals surface area contributed by atoms with Gasteiger partial charge in [-0.3, -0.25) is 0 Å². The Labute approximate surface area is 132 Å². The highest BCUT2D eigenvalue weighted by atomic mass is 32.1. The Morgan fingerprint density at radius 3 is 2.86 bits per heavy atom. The van der Waals surface area contributed by atoms with E-state index in [-0.39, 0.29) is 0 Å². The normalized spacial score (nSPS) is 11.1. The van der Waals surface area contributed by atoms with Gasteiger partial charge in [-0.15, -0.1) is 11.3 Å². The highest BCUT2D eigenvalue weighted by Gasteiger charge is 2.08. The molecule has 3 nitrogen and oxygen atoms in total. The van der Waals surface area contributed by atoms with Crippen LogP contribution >= 0.6 is 11.3 Å². The fourth-order valence-corrected chi connectivity index (χ4v) is 2.99. The summed E-state index contributed by atoms with van der Waals surface area (Å²) in [7, 11) is 2.10. The molecular weight excluding hydrogens is 278 g/mol. The Morgan fingerprint density at radius 1 is 1.33 bits per heavy atom. The molecule has 2 rings (SSSR count). The Balaban J connectivity index is 1.91. The second-order valence-corrected chi connectivity index (χ2v) is 6.83. The van der Waals surface area contributed by atoms with Crippen LogP contribution < -0.4 is 10.2 Å². The minimum Gasteiger partial charge on any atom is -0.347 e. The molecule has 0 aliphatic heterocycles. The zero-order valence-electron chi connectivity index (χ0n) is 13.4. The van der Waals surface area contributed by atoms with E-state index in [1.54, 1.807) is 11.3 Å². The summed E-state index contributed by atoms with van der Waals surface area (Å²) in [5, 5.41) is 6.67. The second-order valence-electron chi connectivity index (χ2n) is 5.99. The summed E-state index contributed by atoms with van der Waals surface area (Å²) in [6, 6.07) is 8.64. The summed E-state index contributed by atoms with van der Waals surface area (Å²) in [4.78, 5) is 6.92. The lowest BCUT2D eigenvalue weighted by Gasteiger charge is -2.16. The van der Waals surface area contributed by atoms with Gasteiger partial charge in [-0.25, -0.2) is 4.98 Å². The lowest BCUT2D eigenvalue weighted by atomic mass is 10.1. The van der Waals surface area contributed by atoms with Gasteiger partial charge in [0.05, 0.1) is 5.69 Å². The van der Waals surface area contributed by atoms with Crippen LogP contribution in [0.1, 0.15) is 30.7 Å². The second kappa shape index (κ2) is 7.57. The van der Waals surface area contributed by atoms with Gasteiger partial charge in [0.25, 0.3) is 0 Å². The van der Waals surface area contributed by atoms with Gasteiger partial charge in [-0.2, -0.15) is 0 Å². The molecule has 1 N–H and O–H groups in total. The summed E-state index contributed by atoms with van der Waals surface area (Å²) in [5.41, 5.74) is 3.76. The van der Waals surface area contributed by atoms with E-state index in [2.05, 4.69) is 67.7 Å². The van der Waals surface area contributed by atoms with E-state index in [1.165, 1.54) is 11.1 Å². The number of rotatable bonds is 7. The number of benzene rings is 1. The Hall–Kier alpha value is -1.39. The zero-order chi connectivity index (χ0) is 15.2. The van der Waals surface area contributed by atoms with Crippen LogP contribution in [0.15, 0.2) is 29.6 Å². The molecule has 0 fully saturated rings. The Kier molecular flexibility index (Phi) is 5.76. The van der Waals surface area contributed by atoms with Crippen molar-refractivity contribution >= 4 is 16.5 Å².